The molecule has 3 aromatic carbocycles. The minimum Gasteiger partial charge on any atom is -0.508 e. The first-order valence-electron chi connectivity index (χ1n) is 13.9. The summed E-state index contributed by atoms with van der Waals surface area (Å²) in [5.41, 5.74) is 2.03. The molecule has 11 nitrogen and oxygen atoms in total. The molecule has 0 radical (unpaired) electrons. The van der Waals surface area contributed by atoms with Crippen LogP contribution in [0.5, 0.6) is 17.2 Å². The molecule has 0 amide bonds. The van der Waals surface area contributed by atoms with Crippen LogP contribution < -0.4 is 4.74 Å². The summed E-state index contributed by atoms with van der Waals surface area (Å²) in [6, 6.07) is 19.2. The van der Waals surface area contributed by atoms with Crippen LogP contribution in [0.4, 0.5) is 0 Å². The zero-order chi connectivity index (χ0) is 31.8. The second-order valence-electron chi connectivity index (χ2n) is 10.2. The first kappa shape index (κ1) is 32.4. The summed E-state index contributed by atoms with van der Waals surface area (Å²) in [5, 5.41) is 53.0. The van der Waals surface area contributed by atoms with E-state index < -0.39 is 24.1 Å². The number of benzene rings is 3. The third-order valence-corrected chi connectivity index (χ3v) is 8.28. The van der Waals surface area contributed by atoms with Gasteiger partial charge in [-0.1, -0.05) is 6.42 Å². The van der Waals surface area contributed by atoms with Gasteiger partial charge in [-0.05, 0) is 98.2 Å². The number of thiophene rings is 1. The number of piperidine rings is 1. The number of ether oxygens (including phenoxy) is 1. The highest BCUT2D eigenvalue weighted by Crippen LogP contribution is 2.41. The van der Waals surface area contributed by atoms with Crippen LogP contribution in [-0.4, -0.2) is 91.7 Å². The van der Waals surface area contributed by atoms with E-state index in [1.54, 1.807) is 42.5 Å². The van der Waals surface area contributed by atoms with Crippen molar-refractivity contribution in [2.24, 2.45) is 0 Å². The molecule has 232 valence electrons. The maximum atomic E-state index is 13.6. The van der Waals surface area contributed by atoms with E-state index >= 15 is 0 Å². The van der Waals surface area contributed by atoms with Gasteiger partial charge in [-0.3, -0.25) is 9.69 Å². The predicted octanol–water partition coefficient (Wildman–Crippen LogP) is 3.95. The Morgan fingerprint density at radius 3 is 1.98 bits per heavy atom. The number of ketones is 1. The van der Waals surface area contributed by atoms with E-state index in [9.17, 15) is 24.6 Å². The molecular formula is C32H33NO10S. The van der Waals surface area contributed by atoms with Crippen molar-refractivity contribution in [1.29, 1.82) is 0 Å². The summed E-state index contributed by atoms with van der Waals surface area (Å²) in [7, 11) is 0. The lowest BCUT2D eigenvalue weighted by Crippen LogP contribution is -2.39. The van der Waals surface area contributed by atoms with Crippen molar-refractivity contribution in [3.63, 3.8) is 0 Å². The Labute approximate surface area is 256 Å². The number of phenolic OH excluding ortho intramolecular Hbond substituents is 2. The van der Waals surface area contributed by atoms with E-state index in [2.05, 4.69) is 4.90 Å². The highest BCUT2D eigenvalue weighted by atomic mass is 32.1. The Morgan fingerprint density at radius 2 is 1.39 bits per heavy atom. The number of carbonyl (C=O) groups excluding carboxylic acids is 1. The molecule has 1 aromatic heterocycles. The standard InChI is InChI=1S/C28H27NO4S.C4H6O6/c30-21-8-4-20(5-9-21)28-26(24-13-10-22(31)18-25(24)34-28)27(32)19-6-11-23(12-7-19)33-17-16-29-14-2-1-3-15-29;5-1(3(7)8)2(6)4(9)10/h4-13,18,30-31H,1-3,14-17H2;1-2,5-6H,(H,7,8)(H,9,10)/t;1-,2-/m.1/s1. The maximum absolute atomic E-state index is 13.6. The Morgan fingerprint density at radius 1 is 0.795 bits per heavy atom. The van der Waals surface area contributed by atoms with Gasteiger partial charge in [0.05, 0.1) is 0 Å². The van der Waals surface area contributed by atoms with E-state index in [1.807, 2.05) is 24.3 Å². The zero-order valence-corrected chi connectivity index (χ0v) is 24.4. The topological polar surface area (TPSA) is 185 Å². The number of fused-ring (bicyclic) bond motifs is 1. The lowest BCUT2D eigenvalue weighted by atomic mass is 9.97. The van der Waals surface area contributed by atoms with E-state index in [-0.39, 0.29) is 17.3 Å². The Bertz CT molecular complexity index is 1580. The zero-order valence-electron chi connectivity index (χ0n) is 23.6. The van der Waals surface area contributed by atoms with Gasteiger partial charge in [-0.25, -0.2) is 9.59 Å². The molecule has 0 saturated carbocycles. The summed E-state index contributed by atoms with van der Waals surface area (Å²) in [6.45, 7) is 3.85. The molecule has 5 rings (SSSR count). The number of carboxylic acids is 2. The molecule has 0 aliphatic carbocycles. The molecule has 2 atom stereocenters. The van der Waals surface area contributed by atoms with Crippen molar-refractivity contribution in [2.75, 3.05) is 26.2 Å². The summed E-state index contributed by atoms with van der Waals surface area (Å²) < 4.78 is 6.76. The quantitative estimate of drug-likeness (QED) is 0.141. The number of carboxylic acid groups (broad SMARTS) is 2. The van der Waals surface area contributed by atoms with E-state index in [1.165, 1.54) is 30.6 Å². The van der Waals surface area contributed by atoms with Gasteiger partial charge in [0.1, 0.15) is 23.9 Å². The monoisotopic (exact) mass is 623 g/mol. The molecule has 44 heavy (non-hydrogen) atoms. The largest absolute Gasteiger partial charge is 0.508 e. The first-order valence-corrected chi connectivity index (χ1v) is 14.7. The van der Waals surface area contributed by atoms with Crippen LogP contribution in [0.25, 0.3) is 20.5 Å². The number of phenols is 2. The van der Waals surface area contributed by atoms with Gasteiger partial charge in [0.25, 0.3) is 0 Å². The second-order valence-corrected chi connectivity index (χ2v) is 11.3. The first-order chi connectivity index (χ1) is 21.0. The average Bonchev–Trinajstić information content (AvgIpc) is 3.40. The number of aliphatic hydroxyl groups excluding tert-OH is 2. The van der Waals surface area contributed by atoms with Gasteiger partial charge >= 0.3 is 11.9 Å². The number of aliphatic hydroxyl groups is 2. The minimum absolute atomic E-state index is 0.0834. The fourth-order valence-corrected chi connectivity index (χ4v) is 5.96. The molecule has 2 heterocycles. The maximum Gasteiger partial charge on any atom is 0.335 e. The lowest BCUT2D eigenvalue weighted by Gasteiger charge is -2.26. The third kappa shape index (κ3) is 8.11. The molecule has 0 unspecified atom stereocenters. The van der Waals surface area contributed by atoms with E-state index in [4.69, 9.17) is 25.2 Å². The Hall–Kier alpha value is -4.49. The number of hydrogen-bond donors (Lipinski definition) is 6. The number of hydrogen-bond acceptors (Lipinski definition) is 10. The molecule has 12 heteroatoms. The van der Waals surface area contributed by atoms with E-state index in [0.717, 1.165) is 45.9 Å². The molecular weight excluding hydrogens is 590 g/mol. The highest BCUT2D eigenvalue weighted by molar-refractivity contribution is 7.22. The number of aromatic hydroxyl groups is 2. The molecule has 1 saturated heterocycles. The fourth-order valence-electron chi connectivity index (χ4n) is 4.72. The third-order valence-electron chi connectivity index (χ3n) is 7.08. The number of aliphatic carboxylic acids is 2. The second kappa shape index (κ2) is 14.8. The van der Waals surface area contributed by atoms with Crippen molar-refractivity contribution in [3.8, 4) is 27.7 Å². The Balaban J connectivity index is 0.000000382. The van der Waals surface area contributed by atoms with Crippen LogP contribution in [0.2, 0.25) is 0 Å². The van der Waals surface area contributed by atoms with E-state index in [0.29, 0.717) is 17.7 Å². The molecule has 1 aliphatic rings. The van der Waals surface area contributed by atoms with Crippen molar-refractivity contribution >= 4 is 39.1 Å². The predicted molar refractivity (Wildman–Crippen MR) is 164 cm³/mol. The van der Waals surface area contributed by atoms with Gasteiger partial charge in [0.15, 0.2) is 18.0 Å². The van der Waals surface area contributed by atoms with Crippen LogP contribution in [0.3, 0.4) is 0 Å². The normalized spacial score (nSPS) is 14.7. The van der Waals surface area contributed by atoms with Gasteiger partial charge < -0.3 is 35.4 Å². The smallest absolute Gasteiger partial charge is 0.335 e. The highest BCUT2D eigenvalue weighted by Gasteiger charge is 2.29. The van der Waals surface area contributed by atoms with Gasteiger partial charge in [0, 0.05) is 32.6 Å². The average molecular weight is 624 g/mol. The van der Waals surface area contributed by atoms with Crippen LogP contribution >= 0.6 is 11.3 Å². The summed E-state index contributed by atoms with van der Waals surface area (Å²) >= 11 is 1.46. The number of carbonyl (C=O) groups is 3. The van der Waals surface area contributed by atoms with Gasteiger partial charge in [-0.2, -0.15) is 0 Å². The number of nitrogens with zero attached hydrogens (tertiary/aromatic N) is 1. The minimum atomic E-state index is -2.27. The van der Waals surface area contributed by atoms with Crippen LogP contribution in [0.15, 0.2) is 66.7 Å². The van der Waals surface area contributed by atoms with Gasteiger partial charge in [0.2, 0.25) is 0 Å². The molecule has 6 N–H and O–H groups in total. The Kier molecular flexibility index (Phi) is 10.9. The molecule has 0 bridgehead atoms. The summed E-state index contributed by atoms with van der Waals surface area (Å²) in [4.78, 5) is 36.4. The molecule has 1 fully saturated rings. The number of rotatable bonds is 10. The van der Waals surface area contributed by atoms with Crippen LogP contribution in [0.1, 0.15) is 35.2 Å². The van der Waals surface area contributed by atoms with Gasteiger partial charge in [-0.15, -0.1) is 11.3 Å². The summed E-state index contributed by atoms with van der Waals surface area (Å²) in [5.74, 6) is -2.53. The molecule has 4 aromatic rings. The fraction of sp³-hybridized carbons (Fsp3) is 0.281. The van der Waals surface area contributed by atoms with Crippen LogP contribution in [-0.2, 0) is 9.59 Å². The van der Waals surface area contributed by atoms with Crippen molar-refractivity contribution in [2.45, 2.75) is 31.5 Å². The molecule has 1 aliphatic heterocycles. The van der Waals surface area contributed by atoms with Crippen molar-refractivity contribution < 1.29 is 49.8 Å². The van der Waals surface area contributed by atoms with Crippen molar-refractivity contribution in [1.82, 2.24) is 4.90 Å². The van der Waals surface area contributed by atoms with Crippen LogP contribution in [0, 0.1) is 0 Å². The molecule has 0 spiro atoms. The SMILES string of the molecule is O=C(O)[C@H](O)[C@@H](O)C(=O)O.O=C(c1ccc(OCCN2CCCCC2)cc1)c1c(-c2ccc(O)cc2)sc2cc(O)ccc12. The number of likely N-dealkylation sites (tertiary alicyclic amines) is 1. The summed E-state index contributed by atoms with van der Waals surface area (Å²) in [6.07, 6.45) is -0.684. The lowest BCUT2D eigenvalue weighted by molar-refractivity contribution is -0.165. The van der Waals surface area contributed by atoms with Crippen molar-refractivity contribution in [3.05, 3.63) is 77.9 Å².